The van der Waals surface area contributed by atoms with Gasteiger partial charge in [-0.1, -0.05) is 6.07 Å². The van der Waals surface area contributed by atoms with Crippen LogP contribution < -0.4 is 4.74 Å². The summed E-state index contributed by atoms with van der Waals surface area (Å²) in [5.74, 6) is -1.69. The average molecular weight is 338 g/mol. The van der Waals surface area contributed by atoms with Gasteiger partial charge in [-0.2, -0.15) is 13.9 Å². The third kappa shape index (κ3) is 3.53. The van der Waals surface area contributed by atoms with E-state index >= 15 is 0 Å². The second-order valence-corrected chi connectivity index (χ2v) is 5.45. The van der Waals surface area contributed by atoms with Crippen molar-refractivity contribution in [2.24, 2.45) is 0 Å². The molecule has 24 heavy (non-hydrogen) atoms. The number of carbonyl (C=O) groups is 1. The molecule has 0 aliphatic carbocycles. The Balaban J connectivity index is 1.88. The second-order valence-electron chi connectivity index (χ2n) is 5.45. The Bertz CT molecular complexity index is 727. The molecule has 1 aliphatic rings. The van der Waals surface area contributed by atoms with Gasteiger partial charge in [0.15, 0.2) is 0 Å². The molecule has 0 unspecified atom stereocenters. The minimum atomic E-state index is -3.09. The standard InChI is InChI=1S/C16H16F2N2O4/c17-16(18)24-14-7-10(1-2-13(14)15(21)22)11-8-19-20(9-11)12-3-5-23-6-4-12/h1-2,7-9,12,16H,3-6H2,(H,21,22). The van der Waals surface area contributed by atoms with Gasteiger partial charge in [0.05, 0.1) is 12.2 Å². The summed E-state index contributed by atoms with van der Waals surface area (Å²) in [6.45, 7) is -1.73. The molecule has 1 saturated heterocycles. The summed E-state index contributed by atoms with van der Waals surface area (Å²) in [5.41, 5.74) is 0.961. The second kappa shape index (κ2) is 6.96. The molecule has 1 aromatic heterocycles. The van der Waals surface area contributed by atoms with Crippen molar-refractivity contribution < 1.29 is 28.2 Å². The van der Waals surface area contributed by atoms with Crippen molar-refractivity contribution in [2.75, 3.05) is 13.2 Å². The van der Waals surface area contributed by atoms with Crippen LogP contribution in [0, 0.1) is 0 Å². The van der Waals surface area contributed by atoms with E-state index in [2.05, 4.69) is 9.84 Å². The fourth-order valence-electron chi connectivity index (χ4n) is 2.71. The molecular formula is C16H16F2N2O4. The SMILES string of the molecule is O=C(O)c1ccc(-c2cnn(C3CCOCC3)c2)cc1OC(F)F. The van der Waals surface area contributed by atoms with Crippen LogP contribution >= 0.6 is 0 Å². The largest absolute Gasteiger partial charge is 0.478 e. The van der Waals surface area contributed by atoms with E-state index in [0.717, 1.165) is 12.8 Å². The van der Waals surface area contributed by atoms with Crippen molar-refractivity contribution >= 4 is 5.97 Å². The lowest BCUT2D eigenvalue weighted by molar-refractivity contribution is -0.0502. The maximum Gasteiger partial charge on any atom is 0.387 e. The monoisotopic (exact) mass is 338 g/mol. The molecule has 0 radical (unpaired) electrons. The molecule has 1 aliphatic heterocycles. The number of carboxylic acid groups (broad SMARTS) is 1. The molecule has 1 fully saturated rings. The Morgan fingerprint density at radius 1 is 1.33 bits per heavy atom. The van der Waals surface area contributed by atoms with Crippen LogP contribution in [0.15, 0.2) is 30.6 Å². The third-order valence-electron chi connectivity index (χ3n) is 3.93. The summed E-state index contributed by atoms with van der Waals surface area (Å²) in [6, 6.07) is 4.33. The Kier molecular flexibility index (Phi) is 4.75. The first-order valence-corrected chi connectivity index (χ1v) is 7.49. The number of carboxylic acids is 1. The van der Waals surface area contributed by atoms with Crippen molar-refractivity contribution in [1.29, 1.82) is 0 Å². The number of hydrogen-bond acceptors (Lipinski definition) is 4. The molecule has 2 heterocycles. The minimum absolute atomic E-state index is 0.238. The van der Waals surface area contributed by atoms with Gasteiger partial charge in [-0.15, -0.1) is 0 Å². The van der Waals surface area contributed by atoms with Crippen molar-refractivity contribution in [3.63, 3.8) is 0 Å². The lowest BCUT2D eigenvalue weighted by atomic mass is 10.1. The molecule has 3 rings (SSSR count). The fraction of sp³-hybridized carbons (Fsp3) is 0.375. The molecule has 0 amide bonds. The molecule has 8 heteroatoms. The number of alkyl halides is 2. The van der Waals surface area contributed by atoms with Crippen LogP contribution in [0.5, 0.6) is 5.75 Å². The van der Waals surface area contributed by atoms with Crippen molar-refractivity contribution in [3.8, 4) is 16.9 Å². The summed E-state index contributed by atoms with van der Waals surface area (Å²) in [6.07, 6.45) is 5.16. The normalized spacial score (nSPS) is 15.6. The maximum absolute atomic E-state index is 12.5. The quantitative estimate of drug-likeness (QED) is 0.906. The zero-order valence-electron chi connectivity index (χ0n) is 12.7. The van der Waals surface area contributed by atoms with Gasteiger partial charge >= 0.3 is 12.6 Å². The average Bonchev–Trinajstić information content (AvgIpc) is 3.05. The van der Waals surface area contributed by atoms with Crippen LogP contribution in [-0.2, 0) is 4.74 Å². The number of benzene rings is 1. The van der Waals surface area contributed by atoms with Gasteiger partial charge in [0, 0.05) is 25.0 Å². The molecule has 6 nitrogen and oxygen atoms in total. The van der Waals surface area contributed by atoms with E-state index in [9.17, 15) is 13.6 Å². The van der Waals surface area contributed by atoms with Gasteiger partial charge in [0.1, 0.15) is 11.3 Å². The van der Waals surface area contributed by atoms with E-state index in [4.69, 9.17) is 9.84 Å². The Hall–Kier alpha value is -2.48. The van der Waals surface area contributed by atoms with Gasteiger partial charge in [-0.3, -0.25) is 4.68 Å². The van der Waals surface area contributed by atoms with E-state index < -0.39 is 12.6 Å². The van der Waals surface area contributed by atoms with E-state index in [1.165, 1.54) is 12.1 Å². The first-order valence-electron chi connectivity index (χ1n) is 7.49. The Morgan fingerprint density at radius 3 is 2.75 bits per heavy atom. The number of hydrogen-bond donors (Lipinski definition) is 1. The first-order chi connectivity index (χ1) is 11.5. The number of nitrogens with zero attached hydrogens (tertiary/aromatic N) is 2. The first kappa shape index (κ1) is 16.4. The highest BCUT2D eigenvalue weighted by Gasteiger charge is 2.19. The zero-order chi connectivity index (χ0) is 17.1. The van der Waals surface area contributed by atoms with Crippen LogP contribution in [0.2, 0.25) is 0 Å². The number of halogens is 2. The molecule has 0 saturated carbocycles. The van der Waals surface area contributed by atoms with Gasteiger partial charge in [0.2, 0.25) is 0 Å². The molecule has 0 bridgehead atoms. The lowest BCUT2D eigenvalue weighted by Gasteiger charge is -2.22. The number of aromatic nitrogens is 2. The summed E-state index contributed by atoms with van der Waals surface area (Å²) in [5, 5.41) is 13.4. The van der Waals surface area contributed by atoms with Gasteiger partial charge in [0.25, 0.3) is 0 Å². The van der Waals surface area contributed by atoms with Crippen LogP contribution in [-0.4, -0.2) is 40.7 Å². The van der Waals surface area contributed by atoms with E-state index in [1.807, 2.05) is 10.9 Å². The molecular weight excluding hydrogens is 322 g/mol. The summed E-state index contributed by atoms with van der Waals surface area (Å²) in [4.78, 5) is 11.1. The van der Waals surface area contributed by atoms with E-state index in [0.29, 0.717) is 24.3 Å². The van der Waals surface area contributed by atoms with Gasteiger partial charge in [-0.05, 0) is 30.5 Å². The molecule has 128 valence electrons. The summed E-state index contributed by atoms with van der Waals surface area (Å²) in [7, 11) is 0. The molecule has 1 aromatic carbocycles. The van der Waals surface area contributed by atoms with E-state index in [-0.39, 0.29) is 17.4 Å². The summed E-state index contributed by atoms with van der Waals surface area (Å²) < 4.78 is 36.5. The van der Waals surface area contributed by atoms with Crippen molar-refractivity contribution in [2.45, 2.75) is 25.5 Å². The van der Waals surface area contributed by atoms with Crippen molar-refractivity contribution in [1.82, 2.24) is 9.78 Å². The number of ether oxygens (including phenoxy) is 2. The van der Waals surface area contributed by atoms with Crippen molar-refractivity contribution in [3.05, 3.63) is 36.2 Å². The third-order valence-corrected chi connectivity index (χ3v) is 3.93. The lowest BCUT2D eigenvalue weighted by Crippen LogP contribution is -2.19. The highest BCUT2D eigenvalue weighted by atomic mass is 19.3. The minimum Gasteiger partial charge on any atom is -0.478 e. The molecule has 1 N–H and O–H groups in total. The Labute approximate surface area is 136 Å². The zero-order valence-corrected chi connectivity index (χ0v) is 12.7. The number of aromatic carboxylic acids is 1. The molecule has 0 atom stereocenters. The van der Waals surface area contributed by atoms with Gasteiger partial charge < -0.3 is 14.6 Å². The smallest absolute Gasteiger partial charge is 0.387 e. The predicted octanol–water partition coefficient (Wildman–Crippen LogP) is 3.20. The van der Waals surface area contributed by atoms with E-state index in [1.54, 1.807) is 12.3 Å². The topological polar surface area (TPSA) is 73.6 Å². The number of rotatable bonds is 5. The summed E-state index contributed by atoms with van der Waals surface area (Å²) >= 11 is 0. The highest BCUT2D eigenvalue weighted by Crippen LogP contribution is 2.30. The van der Waals surface area contributed by atoms with Crippen LogP contribution in [0.25, 0.3) is 11.1 Å². The van der Waals surface area contributed by atoms with Gasteiger partial charge in [-0.25, -0.2) is 4.79 Å². The van der Waals surface area contributed by atoms with Crippen LogP contribution in [0.3, 0.4) is 0 Å². The maximum atomic E-state index is 12.5. The fourth-order valence-corrected chi connectivity index (χ4v) is 2.71. The van der Waals surface area contributed by atoms with Crippen LogP contribution in [0.1, 0.15) is 29.2 Å². The Morgan fingerprint density at radius 2 is 2.08 bits per heavy atom. The van der Waals surface area contributed by atoms with Crippen LogP contribution in [0.4, 0.5) is 8.78 Å². The predicted molar refractivity (Wildman–Crippen MR) is 80.3 cm³/mol. The highest BCUT2D eigenvalue weighted by molar-refractivity contribution is 5.92. The molecule has 0 spiro atoms. The molecule has 2 aromatic rings.